The molecule has 2 N–H and O–H groups in total. The number of aliphatic hydroxyl groups is 2. The van der Waals surface area contributed by atoms with Gasteiger partial charge in [0, 0.05) is 0 Å². The molecule has 0 bridgehead atoms. The fraction of sp³-hybridized carbons (Fsp3) is 0.0588. The van der Waals surface area contributed by atoms with E-state index in [0.29, 0.717) is 22.6 Å². The maximum absolute atomic E-state index is 10.5. The summed E-state index contributed by atoms with van der Waals surface area (Å²) in [5.74, 6) is -1.08. The maximum atomic E-state index is 10.5. The van der Waals surface area contributed by atoms with Gasteiger partial charge >= 0.3 is 0 Å². The van der Waals surface area contributed by atoms with Gasteiger partial charge in [-0.2, -0.15) is 0 Å². The van der Waals surface area contributed by atoms with Crippen molar-refractivity contribution in [3.05, 3.63) is 71.8 Å². The van der Waals surface area contributed by atoms with Gasteiger partial charge in [0.05, 0.1) is 11.1 Å². The Kier molecular flexibility index (Phi) is 2.19. The zero-order chi connectivity index (χ0) is 13.7. The molecule has 3 heteroatoms. The van der Waals surface area contributed by atoms with Crippen LogP contribution < -0.4 is 4.74 Å². The van der Waals surface area contributed by atoms with Crippen LogP contribution in [-0.4, -0.2) is 10.2 Å². The van der Waals surface area contributed by atoms with Crippen molar-refractivity contribution in [1.82, 2.24) is 0 Å². The van der Waals surface area contributed by atoms with Crippen LogP contribution in [0.2, 0.25) is 0 Å². The first-order chi connectivity index (χ1) is 9.66. The lowest BCUT2D eigenvalue weighted by Gasteiger charge is -2.31. The highest BCUT2D eigenvalue weighted by atomic mass is 16.5. The van der Waals surface area contributed by atoms with Crippen molar-refractivity contribution >= 4 is 10.8 Å². The van der Waals surface area contributed by atoms with Gasteiger partial charge in [-0.05, 0) is 35.0 Å². The van der Waals surface area contributed by atoms with Crippen LogP contribution in [0.25, 0.3) is 10.8 Å². The van der Waals surface area contributed by atoms with Crippen molar-refractivity contribution in [3.8, 4) is 11.5 Å². The van der Waals surface area contributed by atoms with E-state index >= 15 is 0 Å². The molecule has 3 nitrogen and oxygen atoms in total. The Hall–Kier alpha value is -2.36. The quantitative estimate of drug-likeness (QED) is 0.613. The standard InChI is InChI=1S/C17H12O3/c18-17(19)13-7-3-4-8-15(13)20-16-10-12-6-2-1-5-11(12)9-14(16)17/h1-10,18-19H. The molecule has 0 aromatic heterocycles. The molecular formula is C17H12O3. The number of hydrogen-bond donors (Lipinski definition) is 2. The molecule has 1 heterocycles. The average Bonchev–Trinajstić information content (AvgIpc) is 2.46. The lowest BCUT2D eigenvalue weighted by Crippen LogP contribution is -2.30. The van der Waals surface area contributed by atoms with E-state index in [1.54, 1.807) is 30.3 Å². The number of benzene rings is 3. The Bertz CT molecular complexity index is 821. The van der Waals surface area contributed by atoms with Gasteiger partial charge in [0.15, 0.2) is 0 Å². The number of para-hydroxylation sites is 1. The second-order valence-corrected chi connectivity index (χ2v) is 4.97. The van der Waals surface area contributed by atoms with Crippen LogP contribution in [0.4, 0.5) is 0 Å². The van der Waals surface area contributed by atoms with Gasteiger partial charge in [-0.1, -0.05) is 36.4 Å². The smallest absolute Gasteiger partial charge is 0.224 e. The molecule has 0 amide bonds. The van der Waals surface area contributed by atoms with Crippen LogP contribution >= 0.6 is 0 Å². The topological polar surface area (TPSA) is 49.7 Å². The Labute approximate surface area is 115 Å². The SMILES string of the molecule is OC1(O)c2ccccc2Oc2cc3ccccc3cc21. The Morgan fingerprint density at radius 2 is 1.35 bits per heavy atom. The predicted octanol–water partition coefficient (Wildman–Crippen LogP) is 3.13. The third-order valence-corrected chi connectivity index (χ3v) is 3.71. The molecule has 3 aromatic carbocycles. The van der Waals surface area contributed by atoms with E-state index in [4.69, 9.17) is 4.74 Å². The molecule has 1 aliphatic rings. The monoisotopic (exact) mass is 264 g/mol. The summed E-state index contributed by atoms with van der Waals surface area (Å²) in [6, 6.07) is 18.3. The lowest BCUT2D eigenvalue weighted by molar-refractivity contribution is -0.137. The normalized spacial score (nSPS) is 15.3. The summed E-state index contributed by atoms with van der Waals surface area (Å²) in [6.07, 6.45) is 0. The van der Waals surface area contributed by atoms with Gasteiger partial charge in [0.25, 0.3) is 0 Å². The van der Waals surface area contributed by atoms with E-state index in [2.05, 4.69) is 0 Å². The Morgan fingerprint density at radius 1 is 0.700 bits per heavy atom. The molecule has 0 aliphatic carbocycles. The van der Waals surface area contributed by atoms with Crippen LogP contribution in [0.1, 0.15) is 11.1 Å². The van der Waals surface area contributed by atoms with Crippen LogP contribution in [0.15, 0.2) is 60.7 Å². The van der Waals surface area contributed by atoms with Crippen LogP contribution in [0, 0.1) is 0 Å². The number of rotatable bonds is 0. The number of hydrogen-bond acceptors (Lipinski definition) is 3. The van der Waals surface area contributed by atoms with Crippen molar-refractivity contribution in [1.29, 1.82) is 0 Å². The van der Waals surface area contributed by atoms with E-state index in [-0.39, 0.29) is 0 Å². The molecule has 0 radical (unpaired) electrons. The summed E-state index contributed by atoms with van der Waals surface area (Å²) in [7, 11) is 0. The minimum Gasteiger partial charge on any atom is -0.456 e. The van der Waals surface area contributed by atoms with Gasteiger partial charge in [-0.15, -0.1) is 0 Å². The summed E-state index contributed by atoms with van der Waals surface area (Å²) < 4.78 is 5.80. The van der Waals surface area contributed by atoms with Gasteiger partial charge in [0.1, 0.15) is 11.5 Å². The van der Waals surface area contributed by atoms with E-state index in [0.717, 1.165) is 10.8 Å². The van der Waals surface area contributed by atoms with E-state index in [9.17, 15) is 10.2 Å². The van der Waals surface area contributed by atoms with Crippen LogP contribution in [0.5, 0.6) is 11.5 Å². The number of fused-ring (bicyclic) bond motifs is 3. The highest BCUT2D eigenvalue weighted by Gasteiger charge is 2.38. The summed E-state index contributed by atoms with van der Waals surface area (Å²) >= 11 is 0. The second-order valence-electron chi connectivity index (χ2n) is 4.97. The molecule has 1 aliphatic heterocycles. The van der Waals surface area contributed by atoms with Crippen molar-refractivity contribution in [2.24, 2.45) is 0 Å². The predicted molar refractivity (Wildman–Crippen MR) is 75.7 cm³/mol. The molecule has 0 saturated heterocycles. The minimum atomic E-state index is -2.03. The van der Waals surface area contributed by atoms with Crippen LogP contribution in [0.3, 0.4) is 0 Å². The number of ether oxygens (including phenoxy) is 1. The van der Waals surface area contributed by atoms with E-state index < -0.39 is 5.79 Å². The largest absolute Gasteiger partial charge is 0.456 e. The molecular weight excluding hydrogens is 252 g/mol. The third-order valence-electron chi connectivity index (χ3n) is 3.71. The van der Waals surface area contributed by atoms with Gasteiger partial charge in [-0.3, -0.25) is 0 Å². The molecule has 98 valence electrons. The second kappa shape index (κ2) is 3.82. The maximum Gasteiger partial charge on any atom is 0.224 e. The van der Waals surface area contributed by atoms with Crippen molar-refractivity contribution in [2.75, 3.05) is 0 Å². The lowest BCUT2D eigenvalue weighted by atomic mass is 9.91. The van der Waals surface area contributed by atoms with Gasteiger partial charge in [0.2, 0.25) is 5.79 Å². The first-order valence-electron chi connectivity index (χ1n) is 6.41. The first-order valence-corrected chi connectivity index (χ1v) is 6.41. The molecule has 0 saturated carbocycles. The van der Waals surface area contributed by atoms with Gasteiger partial charge < -0.3 is 14.9 Å². The summed E-state index contributed by atoms with van der Waals surface area (Å²) in [5.41, 5.74) is 0.734. The molecule has 0 spiro atoms. The summed E-state index contributed by atoms with van der Waals surface area (Å²) in [5, 5.41) is 23.0. The molecule has 0 unspecified atom stereocenters. The fourth-order valence-corrected chi connectivity index (χ4v) is 2.68. The van der Waals surface area contributed by atoms with E-state index in [1.165, 1.54) is 0 Å². The van der Waals surface area contributed by atoms with Gasteiger partial charge in [-0.25, -0.2) is 0 Å². The third kappa shape index (κ3) is 1.48. The van der Waals surface area contributed by atoms with E-state index in [1.807, 2.05) is 30.3 Å². The molecule has 20 heavy (non-hydrogen) atoms. The Morgan fingerprint density at radius 3 is 2.15 bits per heavy atom. The molecule has 0 atom stereocenters. The Balaban J connectivity index is 2.04. The van der Waals surface area contributed by atoms with Crippen molar-refractivity contribution in [2.45, 2.75) is 5.79 Å². The molecule has 3 aromatic rings. The highest BCUT2D eigenvalue weighted by molar-refractivity contribution is 5.86. The first kappa shape index (κ1) is 11.5. The van der Waals surface area contributed by atoms with Crippen molar-refractivity contribution in [3.63, 3.8) is 0 Å². The summed E-state index contributed by atoms with van der Waals surface area (Å²) in [6.45, 7) is 0. The highest BCUT2D eigenvalue weighted by Crippen LogP contribution is 2.46. The van der Waals surface area contributed by atoms with Crippen molar-refractivity contribution < 1.29 is 14.9 Å². The molecule has 0 fully saturated rings. The molecule has 4 rings (SSSR count). The average molecular weight is 264 g/mol. The summed E-state index contributed by atoms with van der Waals surface area (Å²) in [4.78, 5) is 0. The zero-order valence-electron chi connectivity index (χ0n) is 10.6. The zero-order valence-corrected chi connectivity index (χ0v) is 10.6. The fourth-order valence-electron chi connectivity index (χ4n) is 2.68. The minimum absolute atomic E-state index is 0.364. The van der Waals surface area contributed by atoms with Crippen LogP contribution in [-0.2, 0) is 5.79 Å².